The number of nitrogens with one attached hydrogen (secondary N) is 1. The predicted octanol–water partition coefficient (Wildman–Crippen LogP) is 3.45. The number of rotatable bonds is 5. The highest BCUT2D eigenvalue weighted by Gasteiger charge is 2.38. The summed E-state index contributed by atoms with van der Waals surface area (Å²) < 4.78 is 1.07. The lowest BCUT2D eigenvalue weighted by atomic mass is 9.94. The molecule has 0 saturated carbocycles. The van der Waals surface area contributed by atoms with Crippen molar-refractivity contribution in [3.63, 3.8) is 0 Å². The third-order valence-corrected chi connectivity index (χ3v) is 5.42. The Morgan fingerprint density at radius 2 is 2.12 bits per heavy atom. The van der Waals surface area contributed by atoms with Gasteiger partial charge in [-0.3, -0.25) is 9.59 Å². The minimum atomic E-state index is -0.454. The van der Waals surface area contributed by atoms with Crippen molar-refractivity contribution < 1.29 is 9.59 Å². The summed E-state index contributed by atoms with van der Waals surface area (Å²) in [6, 6.07) is 7.86. The third-order valence-electron chi connectivity index (χ3n) is 3.92. The van der Waals surface area contributed by atoms with Gasteiger partial charge < -0.3 is 10.2 Å². The first-order valence-electron chi connectivity index (χ1n) is 8.20. The van der Waals surface area contributed by atoms with E-state index in [9.17, 15) is 9.59 Å². The molecular formula is C18H25BrN2O2S. The maximum Gasteiger partial charge on any atom is 0.243 e. The molecule has 2 rings (SSSR count). The Morgan fingerprint density at radius 1 is 1.38 bits per heavy atom. The highest BCUT2D eigenvalue weighted by atomic mass is 79.9. The number of nitrogens with zero attached hydrogens (tertiary/aromatic N) is 1. The Bertz CT molecular complexity index is 601. The first-order valence-corrected chi connectivity index (χ1v) is 10.1. The summed E-state index contributed by atoms with van der Waals surface area (Å²) in [6.45, 7) is 6.31. The van der Waals surface area contributed by atoms with Gasteiger partial charge >= 0.3 is 0 Å². The molecule has 0 spiro atoms. The molecule has 1 aromatic rings. The maximum absolute atomic E-state index is 12.5. The Kier molecular flexibility index (Phi) is 6.75. The highest BCUT2D eigenvalue weighted by Crippen LogP contribution is 2.27. The molecule has 1 atom stereocenters. The standard InChI is InChI=1S/C18H25BrN2O2S/c1-18(2,3)17(23)21-12-24-11-15(21)16(22)20-9-5-7-13-6-4-8-14(19)10-13/h4,6,8,10,15H,5,7,9,11-12H2,1-3H3,(H,20,22). The monoisotopic (exact) mass is 412 g/mol. The molecule has 1 N–H and O–H groups in total. The van der Waals surface area contributed by atoms with Gasteiger partial charge in [-0.1, -0.05) is 48.8 Å². The van der Waals surface area contributed by atoms with E-state index in [0.29, 0.717) is 18.2 Å². The Morgan fingerprint density at radius 3 is 2.79 bits per heavy atom. The molecule has 1 unspecified atom stereocenters. The Hall–Kier alpha value is -1.01. The van der Waals surface area contributed by atoms with E-state index in [2.05, 4.69) is 33.4 Å². The fraction of sp³-hybridized carbons (Fsp3) is 0.556. The van der Waals surface area contributed by atoms with Crippen LogP contribution in [-0.2, 0) is 16.0 Å². The van der Waals surface area contributed by atoms with Crippen LogP contribution in [0.5, 0.6) is 0 Å². The van der Waals surface area contributed by atoms with Crippen LogP contribution >= 0.6 is 27.7 Å². The van der Waals surface area contributed by atoms with Crippen LogP contribution in [0, 0.1) is 5.41 Å². The first-order chi connectivity index (χ1) is 11.3. The number of hydrogen-bond donors (Lipinski definition) is 1. The van der Waals surface area contributed by atoms with Gasteiger partial charge in [-0.25, -0.2) is 0 Å². The number of benzene rings is 1. The second-order valence-electron chi connectivity index (χ2n) is 7.07. The van der Waals surface area contributed by atoms with E-state index in [4.69, 9.17) is 0 Å². The van der Waals surface area contributed by atoms with E-state index in [1.165, 1.54) is 5.56 Å². The van der Waals surface area contributed by atoms with E-state index in [0.717, 1.165) is 17.3 Å². The van der Waals surface area contributed by atoms with Crippen molar-refractivity contribution in [1.29, 1.82) is 0 Å². The molecule has 24 heavy (non-hydrogen) atoms. The van der Waals surface area contributed by atoms with Crippen LogP contribution in [0.15, 0.2) is 28.7 Å². The molecule has 0 aliphatic carbocycles. The molecule has 1 fully saturated rings. The topological polar surface area (TPSA) is 49.4 Å². The lowest BCUT2D eigenvalue weighted by Gasteiger charge is -2.29. The second kappa shape index (κ2) is 8.39. The molecule has 2 amide bonds. The van der Waals surface area contributed by atoms with E-state index in [-0.39, 0.29) is 17.9 Å². The lowest BCUT2D eigenvalue weighted by Crippen LogP contribution is -2.50. The fourth-order valence-electron chi connectivity index (χ4n) is 2.61. The largest absolute Gasteiger partial charge is 0.354 e. The van der Waals surface area contributed by atoms with E-state index < -0.39 is 5.41 Å². The molecule has 1 aliphatic heterocycles. The molecule has 1 saturated heterocycles. The summed E-state index contributed by atoms with van der Waals surface area (Å²) in [5, 5.41) is 2.99. The van der Waals surface area contributed by atoms with Gasteiger partial charge in [0, 0.05) is 22.2 Å². The average molecular weight is 413 g/mol. The summed E-state index contributed by atoms with van der Waals surface area (Å²) in [5.74, 6) is 1.29. The number of carbonyl (C=O) groups is 2. The quantitative estimate of drug-likeness (QED) is 0.753. The van der Waals surface area contributed by atoms with Crippen molar-refractivity contribution in [2.24, 2.45) is 5.41 Å². The zero-order chi connectivity index (χ0) is 17.7. The van der Waals surface area contributed by atoms with E-state index >= 15 is 0 Å². The summed E-state index contributed by atoms with van der Waals surface area (Å²) >= 11 is 5.11. The molecule has 4 nitrogen and oxygen atoms in total. The summed E-state index contributed by atoms with van der Waals surface area (Å²) in [4.78, 5) is 26.6. The number of halogens is 1. The number of amides is 2. The smallest absolute Gasteiger partial charge is 0.243 e. The van der Waals surface area contributed by atoms with Crippen LogP contribution in [0.1, 0.15) is 32.8 Å². The molecule has 0 aromatic heterocycles. The molecule has 0 radical (unpaired) electrons. The van der Waals surface area contributed by atoms with Gasteiger partial charge in [0.15, 0.2) is 0 Å². The summed E-state index contributed by atoms with van der Waals surface area (Å²) in [6.07, 6.45) is 1.80. The average Bonchev–Trinajstić information content (AvgIpc) is 2.99. The predicted molar refractivity (Wildman–Crippen MR) is 103 cm³/mol. The van der Waals surface area contributed by atoms with Crippen LogP contribution in [0.25, 0.3) is 0 Å². The molecule has 0 bridgehead atoms. The summed E-state index contributed by atoms with van der Waals surface area (Å²) in [5.41, 5.74) is 0.795. The fourth-order valence-corrected chi connectivity index (χ4v) is 4.21. The van der Waals surface area contributed by atoms with Crippen molar-refractivity contribution in [3.05, 3.63) is 34.3 Å². The van der Waals surface area contributed by atoms with Gasteiger partial charge in [0.2, 0.25) is 11.8 Å². The molecule has 6 heteroatoms. The Balaban J connectivity index is 1.80. The molecular weight excluding hydrogens is 388 g/mol. The van der Waals surface area contributed by atoms with Gasteiger partial charge in [-0.05, 0) is 30.5 Å². The van der Waals surface area contributed by atoms with Crippen molar-refractivity contribution in [2.75, 3.05) is 18.2 Å². The van der Waals surface area contributed by atoms with Gasteiger partial charge in [0.1, 0.15) is 6.04 Å². The number of thioether (sulfide) groups is 1. The highest BCUT2D eigenvalue weighted by molar-refractivity contribution is 9.10. The van der Waals surface area contributed by atoms with Gasteiger partial charge in [-0.15, -0.1) is 11.8 Å². The molecule has 1 heterocycles. The van der Waals surface area contributed by atoms with Crippen molar-refractivity contribution in [2.45, 2.75) is 39.7 Å². The normalized spacial score (nSPS) is 17.8. The van der Waals surface area contributed by atoms with E-state index in [1.807, 2.05) is 32.9 Å². The third kappa shape index (κ3) is 5.24. The molecule has 132 valence electrons. The maximum atomic E-state index is 12.5. The van der Waals surface area contributed by atoms with Crippen LogP contribution in [0.3, 0.4) is 0 Å². The van der Waals surface area contributed by atoms with Crippen LogP contribution in [0.4, 0.5) is 0 Å². The SMILES string of the molecule is CC(C)(C)C(=O)N1CSCC1C(=O)NCCCc1cccc(Br)c1. The van der Waals surface area contributed by atoms with Crippen molar-refractivity contribution >= 4 is 39.5 Å². The first kappa shape index (κ1) is 19.3. The minimum Gasteiger partial charge on any atom is -0.354 e. The second-order valence-corrected chi connectivity index (χ2v) is 8.98. The minimum absolute atomic E-state index is 0.0353. The van der Waals surface area contributed by atoms with Crippen molar-refractivity contribution in [1.82, 2.24) is 10.2 Å². The molecule has 1 aliphatic rings. The van der Waals surface area contributed by atoms with E-state index in [1.54, 1.807) is 16.7 Å². The molecule has 1 aromatic carbocycles. The Labute approximate surface area is 156 Å². The lowest BCUT2D eigenvalue weighted by molar-refractivity contribution is -0.144. The van der Waals surface area contributed by atoms with Gasteiger partial charge in [-0.2, -0.15) is 0 Å². The zero-order valence-electron chi connectivity index (χ0n) is 14.5. The van der Waals surface area contributed by atoms with Crippen LogP contribution < -0.4 is 5.32 Å². The van der Waals surface area contributed by atoms with Crippen LogP contribution in [0.2, 0.25) is 0 Å². The summed E-state index contributed by atoms with van der Waals surface area (Å²) in [7, 11) is 0. The zero-order valence-corrected chi connectivity index (χ0v) is 16.9. The van der Waals surface area contributed by atoms with Crippen molar-refractivity contribution in [3.8, 4) is 0 Å². The number of carbonyl (C=O) groups excluding carboxylic acids is 2. The number of aryl methyl sites for hydroxylation is 1. The van der Waals surface area contributed by atoms with Crippen LogP contribution in [-0.4, -0.2) is 40.9 Å². The number of hydrogen-bond acceptors (Lipinski definition) is 3. The van der Waals surface area contributed by atoms with Gasteiger partial charge in [0.25, 0.3) is 0 Å². The van der Waals surface area contributed by atoms with Gasteiger partial charge in [0.05, 0.1) is 5.88 Å².